The molecular formula is C21H23N3O4S. The quantitative estimate of drug-likeness (QED) is 0.522. The first-order valence-corrected chi connectivity index (χ1v) is 11.1. The van der Waals surface area contributed by atoms with Crippen molar-refractivity contribution in [3.8, 4) is 5.75 Å². The third kappa shape index (κ3) is 5.23. The summed E-state index contributed by atoms with van der Waals surface area (Å²) in [4.78, 5) is 12.3. The summed E-state index contributed by atoms with van der Waals surface area (Å²) in [5.74, 6) is -0.319. The van der Waals surface area contributed by atoms with Crippen LogP contribution < -0.4 is 5.73 Å². The number of nitrogens with zero attached hydrogens (tertiary/aromatic N) is 1. The summed E-state index contributed by atoms with van der Waals surface area (Å²) in [6.07, 6.45) is 3.53. The highest BCUT2D eigenvalue weighted by Crippen LogP contribution is 2.18. The summed E-state index contributed by atoms with van der Waals surface area (Å²) in [5.41, 5.74) is 9.26. The van der Waals surface area contributed by atoms with E-state index in [-0.39, 0.29) is 10.6 Å². The number of aromatic nitrogens is 2. The largest absolute Gasteiger partial charge is 0.508 e. The molecule has 0 spiro atoms. The van der Waals surface area contributed by atoms with Crippen molar-refractivity contribution in [1.29, 1.82) is 0 Å². The van der Waals surface area contributed by atoms with E-state index >= 15 is 0 Å². The first kappa shape index (κ1) is 20.6. The molecule has 0 atom stereocenters. The summed E-state index contributed by atoms with van der Waals surface area (Å²) >= 11 is 0. The molecule has 0 fully saturated rings. The van der Waals surface area contributed by atoms with Crippen molar-refractivity contribution < 1.29 is 18.3 Å². The fourth-order valence-electron chi connectivity index (χ4n) is 3.17. The van der Waals surface area contributed by atoms with Crippen LogP contribution in [0.2, 0.25) is 0 Å². The minimum absolute atomic E-state index is 0.207. The molecule has 2 aromatic carbocycles. The number of rotatable bonds is 8. The van der Waals surface area contributed by atoms with Gasteiger partial charge in [0.1, 0.15) is 5.75 Å². The van der Waals surface area contributed by atoms with Crippen LogP contribution in [0.25, 0.3) is 0 Å². The van der Waals surface area contributed by atoms with E-state index in [1.54, 1.807) is 36.4 Å². The van der Waals surface area contributed by atoms with E-state index in [4.69, 9.17) is 5.73 Å². The van der Waals surface area contributed by atoms with Gasteiger partial charge in [0.25, 0.3) is 5.91 Å². The number of benzene rings is 2. The zero-order valence-electron chi connectivity index (χ0n) is 16.1. The second kappa shape index (κ2) is 8.48. The highest BCUT2D eigenvalue weighted by atomic mass is 32.2. The third-order valence-electron chi connectivity index (χ3n) is 4.76. The van der Waals surface area contributed by atoms with Crippen LogP contribution in [0, 0.1) is 0 Å². The van der Waals surface area contributed by atoms with Crippen LogP contribution in [-0.2, 0) is 35.5 Å². The number of sulfone groups is 1. The Morgan fingerprint density at radius 2 is 1.52 bits per heavy atom. The van der Waals surface area contributed by atoms with Crippen LogP contribution in [0.4, 0.5) is 0 Å². The minimum Gasteiger partial charge on any atom is -0.508 e. The number of carbonyl (C=O) groups excluding carboxylic acids is 1. The minimum atomic E-state index is -3.22. The molecule has 3 aromatic rings. The Labute approximate surface area is 169 Å². The lowest BCUT2D eigenvalue weighted by Gasteiger charge is -2.05. The van der Waals surface area contributed by atoms with Crippen molar-refractivity contribution in [2.75, 3.05) is 6.26 Å². The molecule has 0 radical (unpaired) electrons. The number of nitrogens with one attached hydrogen (secondary N) is 1. The van der Waals surface area contributed by atoms with E-state index in [0.29, 0.717) is 42.6 Å². The Hall–Kier alpha value is -3.13. The van der Waals surface area contributed by atoms with Crippen molar-refractivity contribution in [2.45, 2.75) is 30.6 Å². The van der Waals surface area contributed by atoms with Crippen molar-refractivity contribution in [3.63, 3.8) is 0 Å². The lowest BCUT2D eigenvalue weighted by Crippen LogP contribution is -2.15. The van der Waals surface area contributed by atoms with Crippen LogP contribution in [0.3, 0.4) is 0 Å². The van der Waals surface area contributed by atoms with Gasteiger partial charge >= 0.3 is 0 Å². The van der Waals surface area contributed by atoms with Crippen molar-refractivity contribution >= 4 is 15.7 Å². The number of nitrogens with two attached hydrogens (primary N) is 1. The molecule has 8 heteroatoms. The topological polar surface area (TPSA) is 126 Å². The molecular weight excluding hydrogens is 390 g/mol. The number of primary amides is 1. The Balaban J connectivity index is 1.69. The molecule has 1 amide bonds. The number of phenols is 1. The van der Waals surface area contributed by atoms with Gasteiger partial charge in [0.05, 0.1) is 16.2 Å². The molecule has 1 heterocycles. The molecule has 0 aliphatic carbocycles. The number of carbonyl (C=O) groups is 1. The van der Waals surface area contributed by atoms with E-state index in [1.165, 1.54) is 6.26 Å². The van der Waals surface area contributed by atoms with Gasteiger partial charge in [0, 0.05) is 11.9 Å². The monoisotopic (exact) mass is 413 g/mol. The standard InChI is InChI=1S/C21H23N3O4S/c1-29(27,28)17-10-4-15(5-11-17)7-13-19-20(21(22)26)18(23-24-19)12-6-14-2-8-16(25)9-3-14/h2-5,8-11,25H,6-7,12-13H2,1H3,(H2,22,26)(H,23,24). The SMILES string of the molecule is CS(=O)(=O)c1ccc(CCc2[nH]nc(CCc3ccc(O)cc3)c2C(N)=O)cc1. The summed E-state index contributed by atoms with van der Waals surface area (Å²) in [5, 5.41) is 16.6. The number of phenolic OH excluding ortho intramolecular Hbond substituents is 1. The number of aryl methyl sites for hydroxylation is 4. The average molecular weight is 413 g/mol. The summed E-state index contributed by atoms with van der Waals surface area (Å²) < 4.78 is 23.1. The van der Waals surface area contributed by atoms with Gasteiger partial charge in [-0.15, -0.1) is 0 Å². The maximum atomic E-state index is 12.0. The van der Waals surface area contributed by atoms with E-state index < -0.39 is 15.7 Å². The van der Waals surface area contributed by atoms with Gasteiger partial charge in [-0.3, -0.25) is 9.89 Å². The molecule has 7 nitrogen and oxygen atoms in total. The van der Waals surface area contributed by atoms with Crippen molar-refractivity contribution in [3.05, 3.63) is 76.6 Å². The molecule has 29 heavy (non-hydrogen) atoms. The first-order valence-electron chi connectivity index (χ1n) is 9.17. The van der Waals surface area contributed by atoms with E-state index in [9.17, 15) is 18.3 Å². The Kier molecular flexibility index (Phi) is 6.03. The lowest BCUT2D eigenvalue weighted by atomic mass is 10.0. The van der Waals surface area contributed by atoms with E-state index in [1.807, 2.05) is 12.1 Å². The predicted molar refractivity (Wildman–Crippen MR) is 110 cm³/mol. The molecule has 0 aliphatic heterocycles. The third-order valence-corrected chi connectivity index (χ3v) is 5.89. The van der Waals surface area contributed by atoms with E-state index in [0.717, 1.165) is 11.1 Å². The molecule has 4 N–H and O–H groups in total. The lowest BCUT2D eigenvalue weighted by molar-refractivity contribution is 0.0998. The number of hydrogen-bond acceptors (Lipinski definition) is 5. The van der Waals surface area contributed by atoms with Crippen molar-refractivity contribution in [1.82, 2.24) is 10.2 Å². The Bertz CT molecular complexity index is 1100. The average Bonchev–Trinajstić information content (AvgIpc) is 3.09. The smallest absolute Gasteiger partial charge is 0.252 e. The van der Waals surface area contributed by atoms with Gasteiger partial charge < -0.3 is 10.8 Å². The molecule has 0 unspecified atom stereocenters. The van der Waals surface area contributed by atoms with Gasteiger partial charge in [0.2, 0.25) is 0 Å². The van der Waals surface area contributed by atoms with Crippen molar-refractivity contribution in [2.24, 2.45) is 5.73 Å². The number of H-pyrrole nitrogens is 1. The Morgan fingerprint density at radius 1 is 0.966 bits per heavy atom. The number of hydrogen-bond donors (Lipinski definition) is 3. The molecule has 0 saturated carbocycles. The van der Waals surface area contributed by atoms with Gasteiger partial charge in [-0.25, -0.2) is 8.42 Å². The number of amides is 1. The van der Waals surface area contributed by atoms with Gasteiger partial charge in [-0.1, -0.05) is 24.3 Å². The van der Waals surface area contributed by atoms with Gasteiger partial charge in [-0.05, 0) is 61.1 Å². The number of aromatic hydroxyl groups is 1. The fourth-order valence-corrected chi connectivity index (χ4v) is 3.80. The van der Waals surface area contributed by atoms with Crippen LogP contribution >= 0.6 is 0 Å². The van der Waals surface area contributed by atoms with E-state index in [2.05, 4.69) is 10.2 Å². The van der Waals surface area contributed by atoms with Crippen LogP contribution in [0.5, 0.6) is 5.75 Å². The van der Waals surface area contributed by atoms with Gasteiger partial charge in [-0.2, -0.15) is 5.10 Å². The molecule has 0 aliphatic rings. The molecule has 0 bridgehead atoms. The second-order valence-corrected chi connectivity index (χ2v) is 8.99. The summed E-state index contributed by atoms with van der Waals surface area (Å²) in [6, 6.07) is 13.6. The Morgan fingerprint density at radius 3 is 2.07 bits per heavy atom. The first-order chi connectivity index (χ1) is 13.7. The molecule has 0 saturated heterocycles. The molecule has 152 valence electrons. The second-order valence-electron chi connectivity index (χ2n) is 6.97. The fraction of sp³-hybridized carbons (Fsp3) is 0.238. The highest BCUT2D eigenvalue weighted by Gasteiger charge is 2.18. The number of aromatic amines is 1. The zero-order valence-corrected chi connectivity index (χ0v) is 16.9. The van der Waals surface area contributed by atoms with Crippen LogP contribution in [0.15, 0.2) is 53.4 Å². The molecule has 1 aromatic heterocycles. The summed E-state index contributed by atoms with van der Waals surface area (Å²) in [6.45, 7) is 0. The normalized spacial score (nSPS) is 11.5. The predicted octanol–water partition coefficient (Wildman–Crippen LogP) is 2.19. The highest BCUT2D eigenvalue weighted by molar-refractivity contribution is 7.90. The van der Waals surface area contributed by atoms with Crippen LogP contribution in [0.1, 0.15) is 32.9 Å². The maximum absolute atomic E-state index is 12.0. The maximum Gasteiger partial charge on any atom is 0.252 e. The summed E-state index contributed by atoms with van der Waals surface area (Å²) in [7, 11) is -3.22. The van der Waals surface area contributed by atoms with Gasteiger partial charge in [0.15, 0.2) is 9.84 Å². The zero-order chi connectivity index (χ0) is 21.0. The van der Waals surface area contributed by atoms with Crippen LogP contribution in [-0.4, -0.2) is 35.9 Å². The molecule has 3 rings (SSSR count).